The fourth-order valence-corrected chi connectivity index (χ4v) is 11.1. The number of aliphatic hydroxyl groups is 2. The zero-order valence-electron chi connectivity index (χ0n) is 37.3. The highest BCUT2D eigenvalue weighted by Crippen LogP contribution is 2.42. The van der Waals surface area contributed by atoms with Crippen molar-refractivity contribution in [1.82, 2.24) is 19.8 Å². The van der Waals surface area contributed by atoms with Gasteiger partial charge >= 0.3 is 0 Å². The number of pyridine rings is 2. The van der Waals surface area contributed by atoms with Crippen molar-refractivity contribution in [3.05, 3.63) is 46.5 Å². The average Bonchev–Trinajstić information content (AvgIpc) is 4.15. The summed E-state index contributed by atoms with van der Waals surface area (Å²) in [6, 6.07) is 8.51. The molecule has 4 atom stereocenters. The van der Waals surface area contributed by atoms with E-state index in [4.69, 9.17) is 28.9 Å². The molecule has 6 aliphatic rings. The van der Waals surface area contributed by atoms with Crippen LogP contribution in [0.2, 0.25) is 0 Å². The number of aliphatic hydroxyl groups excluding tert-OH is 2. The number of hydrogen-bond donors (Lipinski definition) is 4. The van der Waals surface area contributed by atoms with Gasteiger partial charge in [-0.15, -0.1) is 0 Å². The molecule has 0 spiro atoms. The van der Waals surface area contributed by atoms with Gasteiger partial charge in [-0.3, -0.25) is 0 Å². The van der Waals surface area contributed by atoms with Crippen molar-refractivity contribution in [3.63, 3.8) is 0 Å². The van der Waals surface area contributed by atoms with Gasteiger partial charge in [-0.2, -0.15) is 0 Å². The molecule has 10 rings (SSSR count). The molecular formula is C50H70N6O6. The zero-order valence-corrected chi connectivity index (χ0v) is 37.3. The van der Waals surface area contributed by atoms with Crippen molar-refractivity contribution in [2.45, 2.75) is 140 Å². The maximum Gasteiger partial charge on any atom is 0.163 e. The van der Waals surface area contributed by atoms with Crippen molar-refractivity contribution in [3.8, 4) is 23.0 Å². The van der Waals surface area contributed by atoms with Crippen LogP contribution in [-0.2, 0) is 25.7 Å². The molecule has 2 saturated carbocycles. The number of likely N-dealkylation sites (tertiary alicyclic amines) is 2. The van der Waals surface area contributed by atoms with Crippen LogP contribution in [0.25, 0.3) is 21.8 Å². The number of hydrogen-bond acceptors (Lipinski definition) is 12. The van der Waals surface area contributed by atoms with E-state index in [1.807, 2.05) is 12.1 Å². The number of fused-ring (bicyclic) bond motifs is 6. The highest BCUT2D eigenvalue weighted by atomic mass is 16.5. The predicted octanol–water partition coefficient (Wildman–Crippen LogP) is 7.84. The number of methoxy groups -OCH3 is 2. The Morgan fingerprint density at radius 2 is 0.952 bits per heavy atom. The lowest BCUT2D eigenvalue weighted by Crippen LogP contribution is -2.29. The van der Waals surface area contributed by atoms with Crippen molar-refractivity contribution >= 4 is 33.4 Å². The van der Waals surface area contributed by atoms with Crippen LogP contribution in [0.4, 0.5) is 11.6 Å². The molecule has 2 aromatic carbocycles. The summed E-state index contributed by atoms with van der Waals surface area (Å²) in [7, 11) is 3.42. The Bertz CT molecular complexity index is 2000. The molecule has 4 aliphatic carbocycles. The number of nitrogens with one attached hydrogen (secondary N) is 2. The van der Waals surface area contributed by atoms with E-state index in [0.717, 1.165) is 149 Å². The van der Waals surface area contributed by atoms with E-state index in [0.29, 0.717) is 13.2 Å². The number of benzene rings is 2. The van der Waals surface area contributed by atoms with Gasteiger partial charge in [0.15, 0.2) is 23.0 Å². The molecule has 12 nitrogen and oxygen atoms in total. The second-order valence-corrected chi connectivity index (χ2v) is 18.6. The lowest BCUT2D eigenvalue weighted by atomic mass is 10.0. The van der Waals surface area contributed by atoms with Crippen LogP contribution >= 0.6 is 0 Å². The molecule has 0 unspecified atom stereocenters. The van der Waals surface area contributed by atoms with Crippen LogP contribution in [-0.4, -0.2) is 121 Å². The van der Waals surface area contributed by atoms with E-state index in [-0.39, 0.29) is 24.3 Å². The molecule has 4 fully saturated rings. The molecule has 2 aromatic heterocycles. The smallest absolute Gasteiger partial charge is 0.163 e. The van der Waals surface area contributed by atoms with Gasteiger partial charge in [-0.1, -0.05) is 0 Å². The van der Waals surface area contributed by atoms with Crippen LogP contribution in [0.3, 0.4) is 0 Å². The fraction of sp³-hybridized carbons (Fsp3) is 0.640. The maximum atomic E-state index is 10.3. The first-order valence-corrected chi connectivity index (χ1v) is 24.1. The number of aryl methyl sites for hydroxylation is 2. The van der Waals surface area contributed by atoms with E-state index >= 15 is 0 Å². The van der Waals surface area contributed by atoms with Gasteiger partial charge in [0.1, 0.15) is 11.6 Å². The Hall–Kier alpha value is -4.10. The SMILES string of the molecule is COc1cc2c3c(c(N[C@@H]4CCC[C@@H]4O)nc2cc1OCCCN1CCCC1)CCC3.COc1cc2c3c(c(N[C@H]4CCC[C@H]4O)nc2cc1OCCCN1CCCC1)CCC3. The number of anilines is 2. The van der Waals surface area contributed by atoms with Gasteiger partial charge in [0.25, 0.3) is 0 Å². The lowest BCUT2D eigenvalue weighted by molar-refractivity contribution is 0.171. The minimum atomic E-state index is -0.278. The zero-order chi connectivity index (χ0) is 42.4. The van der Waals surface area contributed by atoms with Crippen LogP contribution in [0.5, 0.6) is 23.0 Å². The van der Waals surface area contributed by atoms with Crippen molar-refractivity contribution in [2.24, 2.45) is 0 Å². The van der Waals surface area contributed by atoms with Gasteiger partial charge in [0.05, 0.1) is 62.8 Å². The Kier molecular flexibility index (Phi) is 14.0. The number of aromatic nitrogens is 2. The molecule has 2 aliphatic heterocycles. The predicted molar refractivity (Wildman–Crippen MR) is 247 cm³/mol. The minimum absolute atomic E-state index is 0.106. The quantitative estimate of drug-likeness (QED) is 0.0819. The first-order valence-electron chi connectivity index (χ1n) is 24.1. The molecule has 62 heavy (non-hydrogen) atoms. The third-order valence-electron chi connectivity index (χ3n) is 14.4. The van der Waals surface area contributed by atoms with Crippen molar-refractivity contribution in [2.75, 3.05) is 77.3 Å². The number of rotatable bonds is 16. The molecule has 336 valence electrons. The molecule has 0 radical (unpaired) electrons. The third kappa shape index (κ3) is 9.68. The van der Waals surface area contributed by atoms with E-state index < -0.39 is 0 Å². The van der Waals surface area contributed by atoms with E-state index in [9.17, 15) is 10.2 Å². The monoisotopic (exact) mass is 851 g/mol. The van der Waals surface area contributed by atoms with Gasteiger partial charge in [0.2, 0.25) is 0 Å². The molecule has 0 bridgehead atoms. The first-order chi connectivity index (χ1) is 30.4. The Morgan fingerprint density at radius 1 is 0.532 bits per heavy atom. The summed E-state index contributed by atoms with van der Waals surface area (Å²) >= 11 is 0. The van der Waals surface area contributed by atoms with Crippen molar-refractivity contribution in [1.29, 1.82) is 0 Å². The standard InChI is InChI=1S/2C25H35N3O3/c2*1-30-23-15-19-17-7-4-8-18(17)25(26-20-9-5-10-22(20)29)27-21(19)16-24(23)31-14-6-13-28-11-2-3-12-28/h2*15-16,20,22,29H,2-14H2,1H3,(H,26,27)/t2*20-,22+/m10/s1. The Labute approximate surface area is 368 Å². The molecule has 4 N–H and O–H groups in total. The highest BCUT2D eigenvalue weighted by molar-refractivity contribution is 5.90. The topological polar surface area (TPSA) is 134 Å². The molecule has 4 aromatic rings. The van der Waals surface area contributed by atoms with Gasteiger partial charge in [-0.05, 0) is 176 Å². The molecular weight excluding hydrogens is 781 g/mol. The summed E-state index contributed by atoms with van der Waals surface area (Å²) in [5.41, 5.74) is 7.27. The van der Waals surface area contributed by atoms with Gasteiger partial charge in [-0.25, -0.2) is 9.97 Å². The van der Waals surface area contributed by atoms with Crippen molar-refractivity contribution < 1.29 is 29.2 Å². The highest BCUT2D eigenvalue weighted by Gasteiger charge is 2.30. The number of ether oxygens (including phenoxy) is 4. The molecule has 12 heteroatoms. The van der Waals surface area contributed by atoms with Crippen LogP contribution in [0.1, 0.15) is 112 Å². The normalized spacial score (nSPS) is 23.4. The Balaban J connectivity index is 0.000000158. The van der Waals surface area contributed by atoms with E-state index in [1.54, 1.807) is 14.2 Å². The second kappa shape index (κ2) is 20.2. The summed E-state index contributed by atoms with van der Waals surface area (Å²) in [6.07, 6.45) is 19.2. The molecule has 4 heterocycles. The fourth-order valence-electron chi connectivity index (χ4n) is 11.1. The van der Waals surface area contributed by atoms with Gasteiger partial charge < -0.3 is 49.6 Å². The largest absolute Gasteiger partial charge is 0.493 e. The maximum absolute atomic E-state index is 10.3. The summed E-state index contributed by atoms with van der Waals surface area (Å²) < 4.78 is 23.7. The number of nitrogens with zero attached hydrogens (tertiary/aromatic N) is 4. The third-order valence-corrected chi connectivity index (χ3v) is 14.4. The minimum Gasteiger partial charge on any atom is -0.493 e. The van der Waals surface area contributed by atoms with Crippen LogP contribution in [0.15, 0.2) is 24.3 Å². The van der Waals surface area contributed by atoms with E-state index in [2.05, 4.69) is 32.6 Å². The van der Waals surface area contributed by atoms with Crippen LogP contribution in [0, 0.1) is 0 Å². The summed E-state index contributed by atoms with van der Waals surface area (Å²) in [6.45, 7) is 8.45. The van der Waals surface area contributed by atoms with Gasteiger partial charge in [0, 0.05) is 36.0 Å². The Morgan fingerprint density at radius 3 is 1.34 bits per heavy atom. The van der Waals surface area contributed by atoms with E-state index in [1.165, 1.54) is 84.9 Å². The molecule has 2 saturated heterocycles. The average molecular weight is 851 g/mol. The summed E-state index contributed by atoms with van der Waals surface area (Å²) in [4.78, 5) is 15.0. The summed E-state index contributed by atoms with van der Waals surface area (Å²) in [5.74, 6) is 5.03. The molecule has 0 amide bonds. The summed E-state index contributed by atoms with van der Waals surface area (Å²) in [5, 5.41) is 30.1. The second-order valence-electron chi connectivity index (χ2n) is 18.6. The lowest BCUT2D eigenvalue weighted by Gasteiger charge is -2.21. The van der Waals surface area contributed by atoms with Crippen LogP contribution < -0.4 is 29.6 Å². The first kappa shape index (κ1) is 43.2.